The van der Waals surface area contributed by atoms with Crippen LogP contribution in [0.1, 0.15) is 97.8 Å². The number of unbranched alkanes of at least 4 members (excludes halogenated alkanes) is 7. The summed E-state index contributed by atoms with van der Waals surface area (Å²) >= 11 is 0. The van der Waals surface area contributed by atoms with Crippen molar-refractivity contribution in [3.8, 4) is 0 Å². The third-order valence-electron chi connectivity index (χ3n) is 7.91. The Labute approximate surface area is 313 Å². The molecule has 2 atom stereocenters. The molecule has 0 saturated carbocycles. The number of hydrogen-bond acceptors (Lipinski definition) is 9. The van der Waals surface area contributed by atoms with E-state index in [1.807, 2.05) is 20.2 Å². The van der Waals surface area contributed by atoms with Crippen molar-refractivity contribution in [1.29, 1.82) is 0 Å². The molecule has 0 aromatic rings. The molecule has 0 fully saturated rings. The summed E-state index contributed by atoms with van der Waals surface area (Å²) in [5, 5.41) is 16.4. The Bertz CT molecular complexity index is 997. The summed E-state index contributed by atoms with van der Waals surface area (Å²) in [5.41, 5.74) is 0. The molecule has 0 bridgehead atoms. The standard InChI is InChI=1S/C35H64N4O9.2ClH/c1-8-9-16-20-32(48-34(44)28-38(4,5)24-26-46-29(2)40)31(42)19-17-14-12-10-11-13-15-18-21-33(43)36-22-23-37-35(45)39(6,7)25-27-47-30(3)41;;/h14,17,31-32,42H,8-13,15-16,18-28H2,1-7H3;2*1H/b17-14-;;. The molecule has 0 rings (SSSR count). The quantitative estimate of drug-likeness (QED) is 0.0274. The van der Waals surface area contributed by atoms with Gasteiger partial charge in [-0.2, -0.15) is 0 Å². The normalized spacial score (nSPS) is 12.6. The van der Waals surface area contributed by atoms with Gasteiger partial charge in [0.15, 0.2) is 6.54 Å². The van der Waals surface area contributed by atoms with Gasteiger partial charge in [0.05, 0.1) is 34.3 Å². The van der Waals surface area contributed by atoms with E-state index in [0.717, 1.165) is 57.8 Å². The number of esters is 3. The molecule has 13 nitrogen and oxygen atoms in total. The number of halogens is 2. The van der Waals surface area contributed by atoms with Crippen LogP contribution in [0.2, 0.25) is 0 Å². The molecule has 0 saturated heterocycles. The average Bonchev–Trinajstić information content (AvgIpc) is 2.98. The summed E-state index contributed by atoms with van der Waals surface area (Å²) in [6, 6.07) is -0.208. The van der Waals surface area contributed by atoms with E-state index in [-0.39, 0.29) is 78.9 Å². The highest BCUT2D eigenvalue weighted by atomic mass is 35.5. The van der Waals surface area contributed by atoms with Crippen molar-refractivity contribution in [2.75, 3.05) is 74.1 Å². The number of likely N-dealkylation sites (N-methyl/N-ethyl adjacent to an activating group) is 2. The maximum atomic E-state index is 12.7. The van der Waals surface area contributed by atoms with E-state index in [1.54, 1.807) is 14.1 Å². The first kappa shape index (κ1) is 51.9. The minimum absolute atomic E-state index is 0. The predicted octanol–water partition coefficient (Wildman–Crippen LogP) is -2.37. The van der Waals surface area contributed by atoms with Gasteiger partial charge in [0, 0.05) is 33.4 Å². The van der Waals surface area contributed by atoms with Crippen molar-refractivity contribution in [3.63, 3.8) is 0 Å². The van der Waals surface area contributed by atoms with E-state index in [4.69, 9.17) is 14.2 Å². The molecule has 0 heterocycles. The summed E-state index contributed by atoms with van der Waals surface area (Å²) in [6.45, 7) is 6.83. The van der Waals surface area contributed by atoms with Crippen LogP contribution in [0.25, 0.3) is 0 Å². The number of amides is 3. The van der Waals surface area contributed by atoms with Crippen molar-refractivity contribution in [3.05, 3.63) is 12.2 Å². The Kier molecular flexibility index (Phi) is 31.4. The van der Waals surface area contributed by atoms with Gasteiger partial charge in [-0.1, -0.05) is 51.2 Å². The number of ether oxygens (including phenoxy) is 3. The van der Waals surface area contributed by atoms with Crippen LogP contribution in [-0.2, 0) is 33.4 Å². The molecule has 3 N–H and O–H groups in total. The molecule has 0 spiro atoms. The molecule has 15 heteroatoms. The molecule has 2 unspecified atom stereocenters. The summed E-state index contributed by atoms with van der Waals surface area (Å²) in [5.74, 6) is -1.13. The van der Waals surface area contributed by atoms with E-state index in [9.17, 15) is 29.1 Å². The molecule has 0 aromatic heterocycles. The average molecular weight is 758 g/mol. The van der Waals surface area contributed by atoms with Gasteiger partial charge in [0.2, 0.25) is 5.91 Å². The molecule has 0 aliphatic carbocycles. The molecular weight excluding hydrogens is 691 g/mol. The van der Waals surface area contributed by atoms with E-state index in [2.05, 4.69) is 23.6 Å². The zero-order chi connectivity index (χ0) is 36.4. The fraction of sp³-hybridized carbons (Fsp3) is 0.800. The van der Waals surface area contributed by atoms with E-state index in [0.29, 0.717) is 49.9 Å². The maximum Gasteiger partial charge on any atom is 0.416 e. The van der Waals surface area contributed by atoms with Gasteiger partial charge < -0.3 is 59.2 Å². The van der Waals surface area contributed by atoms with Crippen LogP contribution in [0.3, 0.4) is 0 Å². The Balaban J connectivity index is -0.0000110. The zero-order valence-corrected chi connectivity index (χ0v) is 33.1. The number of rotatable bonds is 27. The van der Waals surface area contributed by atoms with Gasteiger partial charge >= 0.3 is 23.9 Å². The Morgan fingerprint density at radius 3 is 1.96 bits per heavy atom. The van der Waals surface area contributed by atoms with Gasteiger partial charge in [-0.3, -0.25) is 14.4 Å². The van der Waals surface area contributed by atoms with Crippen molar-refractivity contribution in [1.82, 2.24) is 10.6 Å². The van der Waals surface area contributed by atoms with Crippen molar-refractivity contribution in [2.45, 2.75) is 110 Å². The molecule has 50 heavy (non-hydrogen) atoms. The van der Waals surface area contributed by atoms with Crippen LogP contribution in [0.4, 0.5) is 4.79 Å². The van der Waals surface area contributed by atoms with Gasteiger partial charge in [0.25, 0.3) is 0 Å². The number of carbonyl (C=O) groups excluding carboxylic acids is 5. The number of quaternary nitrogens is 2. The van der Waals surface area contributed by atoms with Crippen LogP contribution in [0.5, 0.6) is 0 Å². The molecular formula is C35H66Cl2N4O9. The Morgan fingerprint density at radius 1 is 0.760 bits per heavy atom. The third kappa shape index (κ3) is 29.3. The second-order valence-electron chi connectivity index (χ2n) is 13.6. The third-order valence-corrected chi connectivity index (χ3v) is 7.91. The molecule has 0 aliphatic rings. The Hall–Kier alpha value is -2.45. The first-order valence-electron chi connectivity index (χ1n) is 17.6. The van der Waals surface area contributed by atoms with E-state index >= 15 is 0 Å². The minimum Gasteiger partial charge on any atom is -1.00 e. The number of carbonyl (C=O) groups is 5. The number of nitrogens with zero attached hydrogens (tertiary/aromatic N) is 2. The Morgan fingerprint density at radius 2 is 1.34 bits per heavy atom. The molecule has 0 aromatic carbocycles. The van der Waals surface area contributed by atoms with Gasteiger partial charge in [0.1, 0.15) is 32.4 Å². The summed E-state index contributed by atoms with van der Waals surface area (Å²) in [4.78, 5) is 59.0. The number of hydrogen-bond donors (Lipinski definition) is 3. The summed E-state index contributed by atoms with van der Waals surface area (Å²) < 4.78 is 16.0. The topological polar surface area (TPSA) is 157 Å². The number of allylic oxidation sites excluding steroid dienone is 1. The highest BCUT2D eigenvalue weighted by Gasteiger charge is 2.28. The number of nitrogens with one attached hydrogen (secondary N) is 2. The lowest BCUT2D eigenvalue weighted by atomic mass is 10.0. The molecule has 294 valence electrons. The molecule has 0 aliphatic heterocycles. The maximum absolute atomic E-state index is 12.7. The number of urea groups is 1. The van der Waals surface area contributed by atoms with Crippen LogP contribution in [-0.4, -0.2) is 130 Å². The monoisotopic (exact) mass is 756 g/mol. The van der Waals surface area contributed by atoms with Crippen LogP contribution in [0, 0.1) is 0 Å². The second kappa shape index (κ2) is 30.2. The molecule has 3 amide bonds. The van der Waals surface area contributed by atoms with E-state index in [1.165, 1.54) is 13.8 Å². The number of aliphatic hydroxyl groups is 1. The first-order chi connectivity index (χ1) is 22.6. The lowest BCUT2D eigenvalue weighted by Gasteiger charge is -2.30. The van der Waals surface area contributed by atoms with Gasteiger partial charge in [-0.05, 0) is 38.5 Å². The zero-order valence-electron chi connectivity index (χ0n) is 31.6. The van der Waals surface area contributed by atoms with Crippen molar-refractivity contribution < 1.29 is 77.1 Å². The second-order valence-corrected chi connectivity index (χ2v) is 13.6. The van der Waals surface area contributed by atoms with Crippen LogP contribution < -0.4 is 35.4 Å². The van der Waals surface area contributed by atoms with Crippen molar-refractivity contribution in [2.24, 2.45) is 0 Å². The van der Waals surface area contributed by atoms with Crippen LogP contribution >= 0.6 is 0 Å². The summed E-state index contributed by atoms with van der Waals surface area (Å²) in [6.07, 6.45) is 12.8. The minimum atomic E-state index is -0.772. The van der Waals surface area contributed by atoms with Gasteiger partial charge in [-0.25, -0.2) is 14.1 Å². The predicted molar refractivity (Wildman–Crippen MR) is 185 cm³/mol. The fourth-order valence-corrected chi connectivity index (χ4v) is 4.77. The fourth-order valence-electron chi connectivity index (χ4n) is 4.77. The van der Waals surface area contributed by atoms with Gasteiger partial charge in [-0.15, -0.1) is 0 Å². The van der Waals surface area contributed by atoms with E-state index < -0.39 is 12.2 Å². The number of aliphatic hydroxyl groups excluding tert-OH is 1. The highest BCUT2D eigenvalue weighted by Crippen LogP contribution is 2.16. The lowest BCUT2D eigenvalue weighted by Crippen LogP contribution is -3.00. The highest BCUT2D eigenvalue weighted by molar-refractivity contribution is 5.76. The largest absolute Gasteiger partial charge is 1.00 e. The SMILES string of the molecule is CCCCCC(OC(=O)C[N+](C)(C)CCOC(C)=O)C(O)C/C=C\CCCCCCCC(=O)NCCNC(=O)[N+](C)(C)CCOC(C)=O.[Cl-].[Cl-]. The van der Waals surface area contributed by atoms with Crippen LogP contribution in [0.15, 0.2) is 12.2 Å². The summed E-state index contributed by atoms with van der Waals surface area (Å²) in [7, 11) is 7.21. The smallest absolute Gasteiger partial charge is 0.416 e. The molecule has 0 radical (unpaired) electrons. The lowest BCUT2D eigenvalue weighted by molar-refractivity contribution is -0.883. The van der Waals surface area contributed by atoms with Crippen molar-refractivity contribution >= 4 is 29.8 Å². The first-order valence-corrected chi connectivity index (χ1v) is 17.6.